The van der Waals surface area contributed by atoms with Gasteiger partial charge in [-0.3, -0.25) is 0 Å². The largest absolute Gasteiger partial charge is 0.481 e. The number of aromatic nitrogens is 4. The Bertz CT molecular complexity index is 1170. The maximum absolute atomic E-state index is 13.6. The summed E-state index contributed by atoms with van der Waals surface area (Å²) in [5.74, 6) is 2.41. The van der Waals surface area contributed by atoms with Crippen LogP contribution in [0.3, 0.4) is 0 Å². The Kier molecular flexibility index (Phi) is 6.69. The van der Waals surface area contributed by atoms with E-state index in [4.69, 9.17) is 26.2 Å². The van der Waals surface area contributed by atoms with E-state index >= 15 is 0 Å². The molecule has 0 unspecified atom stereocenters. The van der Waals surface area contributed by atoms with Crippen LogP contribution in [0.15, 0.2) is 36.5 Å². The summed E-state index contributed by atoms with van der Waals surface area (Å²) in [7, 11) is 1.64. The van der Waals surface area contributed by atoms with Crippen LogP contribution in [0.25, 0.3) is 0 Å². The van der Waals surface area contributed by atoms with Crippen molar-refractivity contribution in [2.75, 3.05) is 30.4 Å². The lowest BCUT2D eigenvalue weighted by molar-refractivity contribution is 0.370. The molecule has 1 N–H and O–H groups in total. The molecule has 2 aliphatic rings. The molecule has 0 amide bonds. The first-order chi connectivity index (χ1) is 16.9. The average molecular weight is 501 g/mol. The summed E-state index contributed by atoms with van der Waals surface area (Å²) >= 11 is 5.93. The van der Waals surface area contributed by atoms with Gasteiger partial charge in [-0.25, -0.2) is 14.1 Å². The fourth-order valence-corrected chi connectivity index (χ4v) is 5.27. The molecule has 2 aromatic heterocycles. The Hall–Kier alpha value is -3.07. The highest BCUT2D eigenvalue weighted by molar-refractivity contribution is 6.30. The first-order valence-corrected chi connectivity index (χ1v) is 12.4. The molecular formula is C25H30ClFN6O2. The lowest BCUT2D eigenvalue weighted by Gasteiger charge is -2.39. The van der Waals surface area contributed by atoms with Crippen molar-refractivity contribution in [1.29, 1.82) is 0 Å². The van der Waals surface area contributed by atoms with Crippen LogP contribution in [0.5, 0.6) is 17.6 Å². The summed E-state index contributed by atoms with van der Waals surface area (Å²) in [6.45, 7) is 6.76. The van der Waals surface area contributed by atoms with E-state index in [1.807, 2.05) is 12.1 Å². The van der Waals surface area contributed by atoms with Gasteiger partial charge in [0, 0.05) is 49.7 Å². The molecule has 3 heterocycles. The minimum Gasteiger partial charge on any atom is -0.481 e. The van der Waals surface area contributed by atoms with E-state index in [1.54, 1.807) is 18.0 Å². The fourth-order valence-electron chi connectivity index (χ4n) is 5.10. The van der Waals surface area contributed by atoms with E-state index < -0.39 is 5.82 Å². The summed E-state index contributed by atoms with van der Waals surface area (Å²) in [5, 5.41) is 8.31. The van der Waals surface area contributed by atoms with Gasteiger partial charge < -0.3 is 19.7 Å². The predicted molar refractivity (Wildman–Crippen MR) is 133 cm³/mol. The van der Waals surface area contributed by atoms with Gasteiger partial charge in [-0.2, -0.15) is 4.98 Å². The lowest BCUT2D eigenvalue weighted by Crippen LogP contribution is -2.48. The number of pyridine rings is 1. The Morgan fingerprint density at radius 3 is 2.63 bits per heavy atom. The number of hydrogen-bond donors (Lipinski definition) is 1. The summed E-state index contributed by atoms with van der Waals surface area (Å²) < 4.78 is 26.6. The third-order valence-corrected chi connectivity index (χ3v) is 6.99. The van der Waals surface area contributed by atoms with Crippen molar-refractivity contribution in [2.24, 2.45) is 17.8 Å². The number of nitrogens with one attached hydrogen (secondary N) is 1. The molecule has 10 heteroatoms. The van der Waals surface area contributed by atoms with Gasteiger partial charge in [0.05, 0.1) is 12.1 Å². The molecule has 1 aliphatic heterocycles. The zero-order valence-electron chi connectivity index (χ0n) is 20.1. The van der Waals surface area contributed by atoms with Gasteiger partial charge in [-0.05, 0) is 48.8 Å². The third kappa shape index (κ3) is 5.15. The molecule has 0 spiro atoms. The second-order valence-corrected chi connectivity index (χ2v) is 10.1. The molecule has 0 radical (unpaired) electrons. The van der Waals surface area contributed by atoms with Crippen LogP contribution >= 0.6 is 11.6 Å². The van der Waals surface area contributed by atoms with Crippen molar-refractivity contribution in [1.82, 2.24) is 19.7 Å². The van der Waals surface area contributed by atoms with Crippen LogP contribution in [0.2, 0.25) is 5.02 Å². The quantitative estimate of drug-likeness (QED) is 0.452. The van der Waals surface area contributed by atoms with E-state index in [0.29, 0.717) is 47.9 Å². The molecule has 3 atom stereocenters. The van der Waals surface area contributed by atoms with E-state index in [-0.39, 0.29) is 11.1 Å². The van der Waals surface area contributed by atoms with Gasteiger partial charge in [0.25, 0.3) is 0 Å². The zero-order valence-corrected chi connectivity index (χ0v) is 20.9. The Morgan fingerprint density at radius 2 is 1.94 bits per heavy atom. The number of fused-ring (bicyclic) bond motifs is 2. The standard InChI is InChI=1S/C25H30ClFN6O2/c1-15(2)12-33-25(35-19-6-7-21(27)20(26)11-19)30-24(31-33)29-23-16-4-5-17(23)14-32(13-16)18-8-9-28-22(10-18)34-3/h6-11,15-17,23H,4-5,12-14H2,1-3H3,(H,29,31)/t16-,17+,23+. The highest BCUT2D eigenvalue weighted by Gasteiger charge is 2.42. The summed E-state index contributed by atoms with van der Waals surface area (Å²) in [6, 6.07) is 8.94. The Balaban J connectivity index is 1.32. The van der Waals surface area contributed by atoms with Gasteiger partial charge >= 0.3 is 6.01 Å². The lowest BCUT2D eigenvalue weighted by atomic mass is 9.92. The van der Waals surface area contributed by atoms with E-state index in [2.05, 4.69) is 34.0 Å². The maximum Gasteiger partial charge on any atom is 0.322 e. The van der Waals surface area contributed by atoms with Crippen molar-refractivity contribution < 1.29 is 13.9 Å². The number of anilines is 2. The number of rotatable bonds is 8. The van der Waals surface area contributed by atoms with Gasteiger partial charge in [-0.1, -0.05) is 25.4 Å². The molecule has 2 bridgehead atoms. The van der Waals surface area contributed by atoms with Crippen LogP contribution in [0.1, 0.15) is 26.7 Å². The fraction of sp³-hybridized carbons (Fsp3) is 0.480. The molecular weight excluding hydrogens is 471 g/mol. The molecule has 1 saturated carbocycles. The topological polar surface area (TPSA) is 77.3 Å². The second kappa shape index (κ2) is 9.89. The number of nitrogens with zero attached hydrogens (tertiary/aromatic N) is 5. The third-order valence-electron chi connectivity index (χ3n) is 6.70. The zero-order chi connectivity index (χ0) is 24.5. The smallest absolute Gasteiger partial charge is 0.322 e. The Morgan fingerprint density at radius 1 is 1.17 bits per heavy atom. The predicted octanol–water partition coefficient (Wildman–Crippen LogP) is 5.25. The van der Waals surface area contributed by atoms with Crippen LogP contribution < -0.4 is 19.7 Å². The van der Waals surface area contributed by atoms with Gasteiger partial charge in [-0.15, -0.1) is 5.10 Å². The monoisotopic (exact) mass is 500 g/mol. The molecule has 1 aliphatic carbocycles. The minimum atomic E-state index is -0.489. The SMILES string of the molecule is COc1cc(N2C[C@H]3CC[C@@H](C2)[C@H]3Nc2nc(Oc3ccc(F)c(Cl)c3)n(CC(C)C)n2)ccn1. The maximum atomic E-state index is 13.6. The summed E-state index contributed by atoms with van der Waals surface area (Å²) in [5.41, 5.74) is 1.14. The van der Waals surface area contributed by atoms with Crippen molar-refractivity contribution in [3.63, 3.8) is 0 Å². The van der Waals surface area contributed by atoms with Crippen LogP contribution in [0, 0.1) is 23.6 Å². The molecule has 1 aromatic carbocycles. The minimum absolute atomic E-state index is 0.00549. The van der Waals surface area contributed by atoms with Gasteiger partial charge in [0.15, 0.2) is 0 Å². The summed E-state index contributed by atoms with van der Waals surface area (Å²) in [4.78, 5) is 11.3. The molecule has 8 nitrogen and oxygen atoms in total. The highest BCUT2D eigenvalue weighted by atomic mass is 35.5. The van der Waals surface area contributed by atoms with Crippen molar-refractivity contribution >= 4 is 23.2 Å². The van der Waals surface area contributed by atoms with Gasteiger partial charge in [0.1, 0.15) is 11.6 Å². The van der Waals surface area contributed by atoms with Crippen molar-refractivity contribution in [3.8, 4) is 17.6 Å². The van der Waals surface area contributed by atoms with Crippen molar-refractivity contribution in [2.45, 2.75) is 39.3 Å². The van der Waals surface area contributed by atoms with E-state index in [9.17, 15) is 4.39 Å². The van der Waals surface area contributed by atoms with Crippen LogP contribution in [-0.2, 0) is 6.54 Å². The highest BCUT2D eigenvalue weighted by Crippen LogP contribution is 2.40. The summed E-state index contributed by atoms with van der Waals surface area (Å²) in [6.07, 6.45) is 4.11. The van der Waals surface area contributed by atoms with Crippen molar-refractivity contribution in [3.05, 3.63) is 47.4 Å². The first kappa shape index (κ1) is 23.7. The Labute approximate surface area is 209 Å². The number of piperidine rings is 1. The average Bonchev–Trinajstić information content (AvgIpc) is 3.29. The molecule has 2 fully saturated rings. The van der Waals surface area contributed by atoms with Crippen LogP contribution in [0.4, 0.5) is 16.0 Å². The molecule has 35 heavy (non-hydrogen) atoms. The van der Waals surface area contributed by atoms with E-state index in [1.165, 1.54) is 18.2 Å². The molecule has 5 rings (SSSR count). The van der Waals surface area contributed by atoms with Crippen LogP contribution in [-0.4, -0.2) is 46.0 Å². The second-order valence-electron chi connectivity index (χ2n) is 9.70. The normalized spacial score (nSPS) is 21.4. The number of ether oxygens (including phenoxy) is 2. The number of methoxy groups -OCH3 is 1. The molecule has 3 aromatic rings. The molecule has 186 valence electrons. The first-order valence-electron chi connectivity index (χ1n) is 12.0. The van der Waals surface area contributed by atoms with Gasteiger partial charge in [0.2, 0.25) is 11.8 Å². The molecule has 1 saturated heterocycles. The number of hydrogen-bond acceptors (Lipinski definition) is 7. The van der Waals surface area contributed by atoms with E-state index in [0.717, 1.165) is 31.6 Å². The number of halogens is 2. The number of benzene rings is 1.